The molecule has 0 saturated carbocycles. The van der Waals surface area contributed by atoms with Gasteiger partial charge in [-0.15, -0.1) is 0 Å². The Morgan fingerprint density at radius 3 is 1.78 bits per heavy atom. The minimum absolute atomic E-state index is 0.801. The fourth-order valence-corrected chi connectivity index (χ4v) is 2.35. The standard InChI is InChI=1S/C7H16N2.C5H11N.C2H7N/c1-8-6-7-4-3-5-9(7)2;1-6-4-2-3-5-6;1-3-2/h7-8H,3-6H2,1-2H3;2-5H2,1H3;3H,1-2H3. The van der Waals surface area contributed by atoms with Crippen molar-refractivity contribution >= 4 is 0 Å². The summed E-state index contributed by atoms with van der Waals surface area (Å²) in [5, 5.41) is 5.95. The van der Waals surface area contributed by atoms with Gasteiger partial charge >= 0.3 is 0 Å². The Kier molecular flexibility index (Phi) is 11.8. The second-order valence-electron chi connectivity index (χ2n) is 5.34. The summed E-state index contributed by atoms with van der Waals surface area (Å²) in [5.74, 6) is 0. The minimum atomic E-state index is 0.801. The molecule has 18 heavy (non-hydrogen) atoms. The van der Waals surface area contributed by atoms with Crippen molar-refractivity contribution < 1.29 is 0 Å². The van der Waals surface area contributed by atoms with Crippen LogP contribution in [0.15, 0.2) is 0 Å². The molecule has 1 unspecified atom stereocenters. The highest BCUT2D eigenvalue weighted by Gasteiger charge is 2.18. The van der Waals surface area contributed by atoms with E-state index >= 15 is 0 Å². The van der Waals surface area contributed by atoms with Crippen LogP contribution in [0, 0.1) is 0 Å². The monoisotopic (exact) mass is 258 g/mol. The van der Waals surface area contributed by atoms with Crippen LogP contribution in [-0.4, -0.2) is 77.3 Å². The third-order valence-corrected chi connectivity index (χ3v) is 3.44. The smallest absolute Gasteiger partial charge is 0.0217 e. The molecule has 0 radical (unpaired) electrons. The van der Waals surface area contributed by atoms with Crippen LogP contribution < -0.4 is 10.6 Å². The molecule has 4 heteroatoms. The predicted octanol–water partition coefficient (Wildman–Crippen LogP) is 0.848. The minimum Gasteiger partial charge on any atom is -0.323 e. The van der Waals surface area contributed by atoms with Gasteiger partial charge in [-0.2, -0.15) is 0 Å². The molecule has 2 saturated heterocycles. The number of likely N-dealkylation sites (tertiary alicyclic amines) is 2. The summed E-state index contributed by atoms with van der Waals surface area (Å²) in [4.78, 5) is 4.79. The van der Waals surface area contributed by atoms with Crippen LogP contribution in [0.3, 0.4) is 0 Å². The van der Waals surface area contributed by atoms with Crippen LogP contribution in [0.2, 0.25) is 0 Å². The average Bonchev–Trinajstić information content (AvgIpc) is 2.94. The number of nitrogens with zero attached hydrogens (tertiary/aromatic N) is 2. The van der Waals surface area contributed by atoms with Gasteiger partial charge in [0, 0.05) is 12.6 Å². The molecule has 2 rings (SSSR count). The van der Waals surface area contributed by atoms with Gasteiger partial charge in [0.05, 0.1) is 0 Å². The second kappa shape index (κ2) is 11.9. The Bertz CT molecular complexity index is 169. The van der Waals surface area contributed by atoms with Gasteiger partial charge in [0.2, 0.25) is 0 Å². The number of hydrogen-bond donors (Lipinski definition) is 2. The van der Waals surface area contributed by atoms with Crippen LogP contribution in [0.4, 0.5) is 0 Å². The first kappa shape index (κ1) is 17.8. The molecule has 0 aromatic heterocycles. The first-order chi connectivity index (χ1) is 8.65. The molecule has 1 atom stereocenters. The van der Waals surface area contributed by atoms with Gasteiger partial charge in [0.15, 0.2) is 0 Å². The number of rotatable bonds is 2. The highest BCUT2D eigenvalue weighted by molar-refractivity contribution is 4.77. The van der Waals surface area contributed by atoms with Crippen molar-refractivity contribution in [2.24, 2.45) is 0 Å². The molecule has 0 bridgehead atoms. The summed E-state index contributed by atoms with van der Waals surface area (Å²) in [6.45, 7) is 5.07. The third kappa shape index (κ3) is 8.86. The van der Waals surface area contributed by atoms with Crippen molar-refractivity contribution in [1.29, 1.82) is 0 Å². The van der Waals surface area contributed by atoms with E-state index in [1.54, 1.807) is 0 Å². The van der Waals surface area contributed by atoms with E-state index in [4.69, 9.17) is 0 Å². The highest BCUT2D eigenvalue weighted by atomic mass is 15.2. The zero-order chi connectivity index (χ0) is 13.8. The van der Waals surface area contributed by atoms with Crippen molar-refractivity contribution in [3.63, 3.8) is 0 Å². The molecule has 110 valence electrons. The molecule has 2 aliphatic rings. The summed E-state index contributed by atoms with van der Waals surface area (Å²) in [5.41, 5.74) is 0. The van der Waals surface area contributed by atoms with E-state index in [1.165, 1.54) is 45.3 Å². The number of nitrogens with one attached hydrogen (secondary N) is 2. The molecule has 0 aromatic carbocycles. The lowest BCUT2D eigenvalue weighted by molar-refractivity contribution is 0.305. The molecule has 0 amide bonds. The molecule has 2 N–H and O–H groups in total. The van der Waals surface area contributed by atoms with Crippen LogP contribution in [0.5, 0.6) is 0 Å². The van der Waals surface area contributed by atoms with Crippen LogP contribution in [0.25, 0.3) is 0 Å². The molecule has 0 spiro atoms. The van der Waals surface area contributed by atoms with Crippen molar-refractivity contribution in [3.05, 3.63) is 0 Å². The van der Waals surface area contributed by atoms with Crippen molar-refractivity contribution in [2.75, 3.05) is 61.4 Å². The van der Waals surface area contributed by atoms with Gasteiger partial charge in [0.25, 0.3) is 0 Å². The van der Waals surface area contributed by atoms with Crippen molar-refractivity contribution in [2.45, 2.75) is 31.7 Å². The van der Waals surface area contributed by atoms with Gasteiger partial charge in [-0.1, -0.05) is 0 Å². The molecule has 0 aromatic rings. The molecule has 0 aliphatic carbocycles. The topological polar surface area (TPSA) is 30.5 Å². The summed E-state index contributed by atoms with van der Waals surface area (Å²) in [7, 11) is 10.1. The van der Waals surface area contributed by atoms with Gasteiger partial charge in [-0.05, 0) is 80.6 Å². The molecule has 2 heterocycles. The van der Waals surface area contributed by atoms with Crippen LogP contribution in [0.1, 0.15) is 25.7 Å². The largest absolute Gasteiger partial charge is 0.323 e. The molecular formula is C14H34N4. The van der Waals surface area contributed by atoms with E-state index in [9.17, 15) is 0 Å². The predicted molar refractivity (Wildman–Crippen MR) is 81.3 cm³/mol. The van der Waals surface area contributed by atoms with E-state index in [1.807, 2.05) is 21.1 Å². The molecule has 4 nitrogen and oxygen atoms in total. The summed E-state index contributed by atoms with van der Waals surface area (Å²) < 4.78 is 0. The maximum Gasteiger partial charge on any atom is 0.0217 e. The highest BCUT2D eigenvalue weighted by Crippen LogP contribution is 2.12. The first-order valence-electron chi connectivity index (χ1n) is 7.27. The lowest BCUT2D eigenvalue weighted by Crippen LogP contribution is -2.33. The van der Waals surface area contributed by atoms with E-state index in [2.05, 4.69) is 34.5 Å². The second-order valence-corrected chi connectivity index (χ2v) is 5.34. The zero-order valence-electron chi connectivity index (χ0n) is 13.1. The number of hydrogen-bond acceptors (Lipinski definition) is 4. The van der Waals surface area contributed by atoms with Crippen LogP contribution >= 0.6 is 0 Å². The lowest BCUT2D eigenvalue weighted by Gasteiger charge is -2.18. The Balaban J connectivity index is 0.000000278. The maximum absolute atomic E-state index is 3.20. The fourth-order valence-electron chi connectivity index (χ4n) is 2.35. The van der Waals surface area contributed by atoms with Gasteiger partial charge in [0.1, 0.15) is 0 Å². The van der Waals surface area contributed by atoms with Gasteiger partial charge in [-0.3, -0.25) is 0 Å². The van der Waals surface area contributed by atoms with E-state index in [0.717, 1.165) is 12.6 Å². The SMILES string of the molecule is CN1CCCC1.CNC.CNCC1CCCN1C. The normalized spacial score (nSPS) is 24.2. The lowest BCUT2D eigenvalue weighted by atomic mass is 10.2. The Morgan fingerprint density at radius 2 is 1.50 bits per heavy atom. The fraction of sp³-hybridized carbons (Fsp3) is 1.00. The third-order valence-electron chi connectivity index (χ3n) is 3.44. The van der Waals surface area contributed by atoms with E-state index in [0.29, 0.717) is 0 Å². The quantitative estimate of drug-likeness (QED) is 0.769. The Labute approximate surface area is 114 Å². The first-order valence-corrected chi connectivity index (χ1v) is 7.27. The molecular weight excluding hydrogens is 224 g/mol. The molecule has 2 fully saturated rings. The Morgan fingerprint density at radius 1 is 0.944 bits per heavy atom. The summed E-state index contributed by atoms with van der Waals surface area (Å²) in [6.07, 6.45) is 5.58. The summed E-state index contributed by atoms with van der Waals surface area (Å²) in [6, 6.07) is 0.801. The van der Waals surface area contributed by atoms with Crippen molar-refractivity contribution in [1.82, 2.24) is 20.4 Å². The van der Waals surface area contributed by atoms with Crippen molar-refractivity contribution in [3.8, 4) is 0 Å². The molecule has 2 aliphatic heterocycles. The van der Waals surface area contributed by atoms with E-state index in [-0.39, 0.29) is 0 Å². The average molecular weight is 258 g/mol. The summed E-state index contributed by atoms with van der Waals surface area (Å²) >= 11 is 0. The zero-order valence-corrected chi connectivity index (χ0v) is 13.1. The maximum atomic E-state index is 3.20. The number of likely N-dealkylation sites (N-methyl/N-ethyl adjacent to an activating group) is 2. The van der Waals surface area contributed by atoms with Gasteiger partial charge < -0.3 is 20.4 Å². The Hall–Kier alpha value is -0.160. The van der Waals surface area contributed by atoms with Gasteiger partial charge in [-0.25, -0.2) is 0 Å². The van der Waals surface area contributed by atoms with Crippen LogP contribution in [-0.2, 0) is 0 Å². The van der Waals surface area contributed by atoms with E-state index < -0.39 is 0 Å².